The molecule has 0 aliphatic rings. The Morgan fingerprint density at radius 1 is 1.20 bits per heavy atom. The number of nitrogens with zero attached hydrogens (tertiary/aromatic N) is 4. The lowest BCUT2D eigenvalue weighted by atomic mass is 10.2. The van der Waals surface area contributed by atoms with Crippen molar-refractivity contribution >= 4 is 11.0 Å². The Morgan fingerprint density at radius 3 is 2.60 bits per heavy atom. The predicted octanol–water partition coefficient (Wildman–Crippen LogP) is 1.91. The Balaban J connectivity index is 1.89. The maximum absolute atomic E-state index is 6.19. The van der Waals surface area contributed by atoms with Crippen LogP contribution in [0, 0.1) is 6.92 Å². The van der Waals surface area contributed by atoms with E-state index in [1.165, 1.54) is 0 Å². The number of para-hydroxylation sites is 2. The summed E-state index contributed by atoms with van der Waals surface area (Å²) < 4.78 is 2.07. The number of hydrogen-bond donors (Lipinski definition) is 1. The Hall–Kier alpha value is -2.27. The third kappa shape index (κ3) is 2.28. The van der Waals surface area contributed by atoms with Crippen LogP contribution in [0.2, 0.25) is 0 Å². The van der Waals surface area contributed by atoms with Crippen LogP contribution < -0.4 is 5.73 Å². The van der Waals surface area contributed by atoms with E-state index in [0.717, 1.165) is 22.4 Å². The van der Waals surface area contributed by atoms with Crippen LogP contribution in [0.1, 0.15) is 23.3 Å². The van der Waals surface area contributed by atoms with E-state index in [0.29, 0.717) is 12.2 Å². The molecule has 20 heavy (non-hydrogen) atoms. The van der Waals surface area contributed by atoms with Gasteiger partial charge in [-0.1, -0.05) is 12.1 Å². The number of rotatable bonds is 3. The summed E-state index contributed by atoms with van der Waals surface area (Å²) in [7, 11) is 2.01. The zero-order valence-corrected chi connectivity index (χ0v) is 11.6. The van der Waals surface area contributed by atoms with Gasteiger partial charge in [0.05, 0.1) is 17.1 Å². The van der Waals surface area contributed by atoms with E-state index in [9.17, 15) is 0 Å². The van der Waals surface area contributed by atoms with Gasteiger partial charge in [0.25, 0.3) is 0 Å². The molecule has 0 fully saturated rings. The van der Waals surface area contributed by atoms with Crippen LogP contribution in [-0.4, -0.2) is 19.5 Å². The summed E-state index contributed by atoms with van der Waals surface area (Å²) in [5.41, 5.74) is 9.32. The Kier molecular flexibility index (Phi) is 3.20. The number of imidazole rings is 1. The van der Waals surface area contributed by atoms with Gasteiger partial charge < -0.3 is 10.3 Å². The van der Waals surface area contributed by atoms with Gasteiger partial charge >= 0.3 is 0 Å². The Labute approximate surface area is 117 Å². The minimum absolute atomic E-state index is 0.244. The first-order valence-corrected chi connectivity index (χ1v) is 6.59. The molecule has 5 heteroatoms. The number of aromatic nitrogens is 4. The lowest BCUT2D eigenvalue weighted by Gasteiger charge is -2.10. The van der Waals surface area contributed by atoms with Crippen molar-refractivity contribution < 1.29 is 0 Å². The van der Waals surface area contributed by atoms with E-state index in [1.54, 1.807) is 12.4 Å². The first-order chi connectivity index (χ1) is 9.65. The van der Waals surface area contributed by atoms with Crippen molar-refractivity contribution in [1.29, 1.82) is 0 Å². The summed E-state index contributed by atoms with van der Waals surface area (Å²) in [5, 5.41) is 0. The third-order valence-corrected chi connectivity index (χ3v) is 3.41. The molecule has 1 aromatic carbocycles. The second-order valence-electron chi connectivity index (χ2n) is 5.00. The monoisotopic (exact) mass is 267 g/mol. The Morgan fingerprint density at radius 2 is 1.90 bits per heavy atom. The molecule has 1 unspecified atom stereocenters. The highest BCUT2D eigenvalue weighted by Crippen LogP contribution is 2.18. The van der Waals surface area contributed by atoms with Crippen LogP contribution in [0.15, 0.2) is 36.7 Å². The van der Waals surface area contributed by atoms with Gasteiger partial charge in [-0.2, -0.15) is 0 Å². The average Bonchev–Trinajstić information content (AvgIpc) is 2.77. The molecule has 2 heterocycles. The number of aryl methyl sites for hydroxylation is 2. The molecule has 0 radical (unpaired) electrons. The van der Waals surface area contributed by atoms with Crippen LogP contribution in [0.4, 0.5) is 0 Å². The Bertz CT molecular complexity index is 730. The second kappa shape index (κ2) is 5.02. The molecule has 0 bridgehead atoms. The van der Waals surface area contributed by atoms with Crippen molar-refractivity contribution in [2.24, 2.45) is 12.8 Å². The van der Waals surface area contributed by atoms with E-state index in [4.69, 9.17) is 5.73 Å². The summed E-state index contributed by atoms with van der Waals surface area (Å²) >= 11 is 0. The maximum atomic E-state index is 6.19. The van der Waals surface area contributed by atoms with Gasteiger partial charge in [-0.25, -0.2) is 15.0 Å². The van der Waals surface area contributed by atoms with E-state index in [-0.39, 0.29) is 6.04 Å². The van der Waals surface area contributed by atoms with Gasteiger partial charge in [-0.3, -0.25) is 0 Å². The summed E-state index contributed by atoms with van der Waals surface area (Å²) in [5.74, 6) is 1.60. The molecular weight excluding hydrogens is 250 g/mol. The second-order valence-corrected chi connectivity index (χ2v) is 5.00. The van der Waals surface area contributed by atoms with E-state index in [1.807, 2.05) is 32.2 Å². The van der Waals surface area contributed by atoms with Crippen LogP contribution >= 0.6 is 0 Å². The summed E-state index contributed by atoms with van der Waals surface area (Å²) in [4.78, 5) is 13.2. The minimum Gasteiger partial charge on any atom is -0.331 e. The number of nitrogens with two attached hydrogens (primary N) is 1. The van der Waals surface area contributed by atoms with Crippen LogP contribution in [0.3, 0.4) is 0 Å². The van der Waals surface area contributed by atoms with Crippen molar-refractivity contribution in [3.63, 3.8) is 0 Å². The lowest BCUT2D eigenvalue weighted by molar-refractivity contribution is 0.626. The summed E-state index contributed by atoms with van der Waals surface area (Å²) in [6, 6.07) is 7.82. The fourth-order valence-electron chi connectivity index (χ4n) is 2.26. The van der Waals surface area contributed by atoms with Crippen molar-refractivity contribution in [3.8, 4) is 0 Å². The first kappa shape index (κ1) is 12.7. The highest BCUT2D eigenvalue weighted by molar-refractivity contribution is 5.75. The van der Waals surface area contributed by atoms with Gasteiger partial charge in [0.1, 0.15) is 11.6 Å². The molecule has 0 saturated heterocycles. The van der Waals surface area contributed by atoms with Crippen LogP contribution in [-0.2, 0) is 13.5 Å². The molecule has 0 amide bonds. The minimum atomic E-state index is -0.244. The molecule has 2 N–H and O–H groups in total. The molecule has 0 saturated carbocycles. The molecule has 1 atom stereocenters. The molecule has 0 aliphatic heterocycles. The van der Waals surface area contributed by atoms with Gasteiger partial charge in [0.2, 0.25) is 0 Å². The molecule has 2 aromatic heterocycles. The van der Waals surface area contributed by atoms with E-state index >= 15 is 0 Å². The highest BCUT2D eigenvalue weighted by Gasteiger charge is 2.14. The van der Waals surface area contributed by atoms with Crippen LogP contribution in [0.5, 0.6) is 0 Å². The quantitative estimate of drug-likeness (QED) is 0.787. The maximum Gasteiger partial charge on any atom is 0.145 e. The van der Waals surface area contributed by atoms with Crippen molar-refractivity contribution in [1.82, 2.24) is 19.5 Å². The van der Waals surface area contributed by atoms with E-state index < -0.39 is 0 Å². The fourth-order valence-corrected chi connectivity index (χ4v) is 2.26. The predicted molar refractivity (Wildman–Crippen MR) is 78.1 cm³/mol. The average molecular weight is 267 g/mol. The molecular formula is C15H17N5. The van der Waals surface area contributed by atoms with Gasteiger partial charge in [0, 0.05) is 25.9 Å². The van der Waals surface area contributed by atoms with Crippen LogP contribution in [0.25, 0.3) is 11.0 Å². The van der Waals surface area contributed by atoms with Gasteiger partial charge in [-0.15, -0.1) is 0 Å². The molecule has 3 aromatic rings. The first-order valence-electron chi connectivity index (χ1n) is 6.59. The normalized spacial score (nSPS) is 12.8. The standard InChI is InChI=1S/C15H17N5/c1-10-8-17-15(18-9-10)11(16)7-14-19-12-5-3-4-6-13(12)20(14)2/h3-6,8-9,11H,7,16H2,1-2H3. The molecule has 102 valence electrons. The smallest absolute Gasteiger partial charge is 0.145 e. The molecule has 3 rings (SSSR count). The molecule has 5 nitrogen and oxygen atoms in total. The van der Waals surface area contributed by atoms with Crippen molar-refractivity contribution in [2.75, 3.05) is 0 Å². The fraction of sp³-hybridized carbons (Fsp3) is 0.267. The third-order valence-electron chi connectivity index (χ3n) is 3.41. The summed E-state index contributed by atoms with van der Waals surface area (Å²) in [6.07, 6.45) is 4.20. The topological polar surface area (TPSA) is 69.6 Å². The number of benzene rings is 1. The summed E-state index contributed by atoms with van der Waals surface area (Å²) in [6.45, 7) is 1.96. The molecule has 0 spiro atoms. The molecule has 0 aliphatic carbocycles. The van der Waals surface area contributed by atoms with Crippen molar-refractivity contribution in [3.05, 3.63) is 53.9 Å². The van der Waals surface area contributed by atoms with Gasteiger partial charge in [-0.05, 0) is 24.6 Å². The number of fused-ring (bicyclic) bond motifs is 1. The number of hydrogen-bond acceptors (Lipinski definition) is 4. The van der Waals surface area contributed by atoms with Gasteiger partial charge in [0.15, 0.2) is 0 Å². The zero-order chi connectivity index (χ0) is 14.1. The highest BCUT2D eigenvalue weighted by atomic mass is 15.1. The SMILES string of the molecule is Cc1cnc(C(N)Cc2nc3ccccc3n2C)nc1. The lowest BCUT2D eigenvalue weighted by Crippen LogP contribution is -2.18. The largest absolute Gasteiger partial charge is 0.331 e. The van der Waals surface area contributed by atoms with Crippen molar-refractivity contribution in [2.45, 2.75) is 19.4 Å². The van der Waals surface area contributed by atoms with E-state index in [2.05, 4.69) is 25.6 Å². The zero-order valence-electron chi connectivity index (χ0n) is 11.6.